The van der Waals surface area contributed by atoms with E-state index in [1.54, 1.807) is 7.11 Å². The van der Waals surface area contributed by atoms with E-state index < -0.39 is 0 Å². The van der Waals surface area contributed by atoms with Gasteiger partial charge in [-0.1, -0.05) is 60.9 Å². The second kappa shape index (κ2) is 17.0. The van der Waals surface area contributed by atoms with Crippen LogP contribution >= 0.6 is 11.9 Å². The molecule has 3 amide bonds. The molecule has 0 spiro atoms. The molecule has 2 aliphatic rings. The zero-order valence-electron chi connectivity index (χ0n) is 20.3. The van der Waals surface area contributed by atoms with E-state index in [1.807, 2.05) is 36.5 Å². The standard InChI is InChI=1S/C27H39N3O3S/c1-3-10-23(13-5-4-8-18-33-2)20-28-27(32)29-25-15-9-14-24(16-17-25)21-34-30-26(31)19-22-11-6-7-12-22/h3-4,8,13-17,22H,1,5-7,9-12,18-21H2,2H3,(H,30,31)(H2,28,29,32)/b8-4+,23-13+. The van der Waals surface area contributed by atoms with Crippen molar-refractivity contribution in [1.29, 1.82) is 0 Å². The Bertz CT molecular complexity index is 821. The number of allylic oxidation sites excluding steroid dienone is 7. The summed E-state index contributed by atoms with van der Waals surface area (Å²) in [6, 6.07) is -0.238. The van der Waals surface area contributed by atoms with E-state index in [9.17, 15) is 9.59 Å². The number of carbonyl (C=O) groups excluding carboxylic acids is 2. The van der Waals surface area contributed by atoms with Gasteiger partial charge in [0.25, 0.3) is 0 Å². The van der Waals surface area contributed by atoms with Gasteiger partial charge in [-0.25, -0.2) is 4.79 Å². The third-order valence-corrected chi connectivity index (χ3v) is 6.53. The number of rotatable bonds is 14. The fourth-order valence-electron chi connectivity index (χ4n) is 3.87. The third-order valence-electron chi connectivity index (χ3n) is 5.68. The summed E-state index contributed by atoms with van der Waals surface area (Å²) < 4.78 is 7.96. The van der Waals surface area contributed by atoms with Gasteiger partial charge in [0, 0.05) is 31.5 Å². The smallest absolute Gasteiger partial charge is 0.319 e. The molecular weight excluding hydrogens is 446 g/mol. The lowest BCUT2D eigenvalue weighted by molar-refractivity contribution is -0.120. The van der Waals surface area contributed by atoms with E-state index in [-0.39, 0.29) is 11.9 Å². The van der Waals surface area contributed by atoms with Crippen molar-refractivity contribution in [3.63, 3.8) is 0 Å². The minimum Gasteiger partial charge on any atom is -0.381 e. The fraction of sp³-hybridized carbons (Fsp3) is 0.481. The van der Waals surface area contributed by atoms with Crippen molar-refractivity contribution in [2.45, 2.75) is 51.4 Å². The second-order valence-corrected chi connectivity index (χ2v) is 9.28. The fourth-order valence-corrected chi connectivity index (χ4v) is 4.56. The molecule has 3 N–H and O–H groups in total. The van der Waals surface area contributed by atoms with Crippen LogP contribution in [0.1, 0.15) is 51.4 Å². The molecule has 186 valence electrons. The first kappa shape index (κ1) is 27.7. The van der Waals surface area contributed by atoms with Crippen molar-refractivity contribution in [3.8, 4) is 0 Å². The monoisotopic (exact) mass is 485 g/mol. The van der Waals surface area contributed by atoms with Gasteiger partial charge in [0.2, 0.25) is 5.91 Å². The zero-order chi connectivity index (χ0) is 24.4. The Kier molecular flexibility index (Phi) is 13.9. The van der Waals surface area contributed by atoms with Crippen LogP contribution in [-0.4, -0.2) is 38.0 Å². The van der Waals surface area contributed by atoms with Crippen LogP contribution in [0.4, 0.5) is 4.79 Å². The molecule has 6 nitrogen and oxygen atoms in total. The van der Waals surface area contributed by atoms with Crippen LogP contribution in [0.3, 0.4) is 0 Å². The Morgan fingerprint density at radius 2 is 2.03 bits per heavy atom. The maximum absolute atomic E-state index is 12.4. The number of hydrogen-bond acceptors (Lipinski definition) is 4. The van der Waals surface area contributed by atoms with Gasteiger partial charge in [-0.15, -0.1) is 6.58 Å². The first-order valence-electron chi connectivity index (χ1n) is 12.1. The highest BCUT2D eigenvalue weighted by Gasteiger charge is 2.18. The molecule has 1 saturated carbocycles. The number of ether oxygens (including phenoxy) is 1. The molecule has 0 unspecified atom stereocenters. The third kappa shape index (κ3) is 12.1. The molecule has 0 aromatic heterocycles. The summed E-state index contributed by atoms with van der Waals surface area (Å²) in [6.45, 7) is 4.86. The van der Waals surface area contributed by atoms with Gasteiger partial charge in [0.1, 0.15) is 0 Å². The summed E-state index contributed by atoms with van der Waals surface area (Å²) in [6.07, 6.45) is 23.7. The van der Waals surface area contributed by atoms with Crippen LogP contribution in [0.25, 0.3) is 0 Å². The average molecular weight is 486 g/mol. The largest absolute Gasteiger partial charge is 0.381 e. The van der Waals surface area contributed by atoms with Crippen molar-refractivity contribution < 1.29 is 14.3 Å². The van der Waals surface area contributed by atoms with Crippen LogP contribution < -0.4 is 15.4 Å². The molecule has 34 heavy (non-hydrogen) atoms. The Labute approximate surface area is 208 Å². The van der Waals surface area contributed by atoms with Crippen LogP contribution in [-0.2, 0) is 9.53 Å². The van der Waals surface area contributed by atoms with Crippen molar-refractivity contribution in [2.75, 3.05) is 26.0 Å². The number of carbonyl (C=O) groups is 2. The minimum atomic E-state index is -0.238. The van der Waals surface area contributed by atoms with Crippen molar-refractivity contribution in [2.24, 2.45) is 5.92 Å². The summed E-state index contributed by atoms with van der Waals surface area (Å²) in [5, 5.41) is 5.82. The molecule has 0 aromatic carbocycles. The van der Waals surface area contributed by atoms with E-state index in [4.69, 9.17) is 4.74 Å². The average Bonchev–Trinajstić information content (AvgIpc) is 3.23. The van der Waals surface area contributed by atoms with Crippen LogP contribution in [0, 0.1) is 5.92 Å². The quantitative estimate of drug-likeness (QED) is 0.224. The number of nitrogens with one attached hydrogen (secondary N) is 3. The molecule has 2 aliphatic carbocycles. The van der Waals surface area contributed by atoms with Gasteiger partial charge in [-0.3, -0.25) is 9.52 Å². The van der Waals surface area contributed by atoms with Crippen molar-refractivity contribution >= 4 is 23.9 Å². The first-order valence-corrected chi connectivity index (χ1v) is 13.0. The Morgan fingerprint density at radius 1 is 1.21 bits per heavy atom. The van der Waals surface area contributed by atoms with Gasteiger partial charge in [-0.05, 0) is 61.6 Å². The first-order chi connectivity index (χ1) is 16.6. The maximum atomic E-state index is 12.4. The lowest BCUT2D eigenvalue weighted by Gasteiger charge is -2.10. The maximum Gasteiger partial charge on any atom is 0.319 e. The molecule has 0 atom stereocenters. The van der Waals surface area contributed by atoms with E-state index >= 15 is 0 Å². The predicted molar refractivity (Wildman–Crippen MR) is 142 cm³/mol. The summed E-state index contributed by atoms with van der Waals surface area (Å²) in [5.74, 6) is 1.39. The molecule has 0 aromatic rings. The summed E-state index contributed by atoms with van der Waals surface area (Å²) in [7, 11) is 1.67. The van der Waals surface area contributed by atoms with Crippen molar-refractivity contribution in [1.82, 2.24) is 15.4 Å². The van der Waals surface area contributed by atoms with E-state index in [0.717, 1.165) is 36.1 Å². The Hall–Kier alpha value is -2.51. The molecule has 0 heterocycles. The Morgan fingerprint density at radius 3 is 2.79 bits per heavy atom. The highest BCUT2D eigenvalue weighted by Crippen LogP contribution is 2.27. The van der Waals surface area contributed by atoms with Gasteiger partial charge in [0.05, 0.1) is 6.61 Å². The summed E-state index contributed by atoms with van der Waals surface area (Å²) >= 11 is 1.43. The molecule has 0 saturated heterocycles. The SMILES string of the molecule is C=CC/C(=C\C/C=C/COC)CNC(=O)NC1=CCC=C(CSNC(=O)CC2CCCC2)C=C1. The topological polar surface area (TPSA) is 79.5 Å². The normalized spacial score (nSPS) is 16.7. The van der Waals surface area contributed by atoms with Crippen LogP contribution in [0.2, 0.25) is 0 Å². The van der Waals surface area contributed by atoms with Crippen LogP contribution in [0.5, 0.6) is 0 Å². The molecule has 7 heteroatoms. The number of urea groups is 1. The zero-order valence-corrected chi connectivity index (χ0v) is 21.1. The van der Waals surface area contributed by atoms with Gasteiger partial charge in [0.15, 0.2) is 0 Å². The molecule has 0 radical (unpaired) electrons. The van der Waals surface area contributed by atoms with Gasteiger partial charge in [-0.2, -0.15) is 0 Å². The molecule has 2 rings (SSSR count). The van der Waals surface area contributed by atoms with E-state index in [0.29, 0.717) is 31.2 Å². The molecule has 0 bridgehead atoms. The lowest BCUT2D eigenvalue weighted by atomic mass is 10.0. The van der Waals surface area contributed by atoms with Crippen LogP contribution in [0.15, 0.2) is 72.0 Å². The molecular formula is C27H39N3O3S. The lowest BCUT2D eigenvalue weighted by Crippen LogP contribution is -2.35. The second-order valence-electron chi connectivity index (χ2n) is 8.50. The molecule has 1 fully saturated rings. The number of amides is 3. The number of methoxy groups -OCH3 is 1. The minimum absolute atomic E-state index is 0.128. The number of hydrogen-bond donors (Lipinski definition) is 3. The van der Waals surface area contributed by atoms with Gasteiger partial charge >= 0.3 is 6.03 Å². The van der Waals surface area contributed by atoms with Gasteiger partial charge < -0.3 is 15.4 Å². The predicted octanol–water partition coefficient (Wildman–Crippen LogP) is 5.50. The highest BCUT2D eigenvalue weighted by atomic mass is 32.2. The summed E-state index contributed by atoms with van der Waals surface area (Å²) in [5.41, 5.74) is 2.99. The van der Waals surface area contributed by atoms with E-state index in [2.05, 4.69) is 34.1 Å². The van der Waals surface area contributed by atoms with Crippen molar-refractivity contribution in [3.05, 3.63) is 72.0 Å². The summed E-state index contributed by atoms with van der Waals surface area (Å²) in [4.78, 5) is 24.4. The Balaban J connectivity index is 1.69. The highest BCUT2D eigenvalue weighted by molar-refractivity contribution is 7.98. The molecule has 0 aliphatic heterocycles. The van der Waals surface area contributed by atoms with E-state index in [1.165, 1.54) is 37.6 Å².